The minimum absolute atomic E-state index is 1.01. The summed E-state index contributed by atoms with van der Waals surface area (Å²) in [7, 11) is 4.32. The third kappa shape index (κ3) is 2.62. The van der Waals surface area contributed by atoms with E-state index in [1.807, 2.05) is 0 Å². The number of rotatable bonds is 2. The van der Waals surface area contributed by atoms with Gasteiger partial charge >= 0.3 is 0 Å². The van der Waals surface area contributed by atoms with Crippen LogP contribution in [-0.2, 0) is 20.5 Å². The van der Waals surface area contributed by atoms with Gasteiger partial charge in [0.25, 0.3) is 0 Å². The average Bonchev–Trinajstić information content (AvgIpc) is 3.30. The van der Waals surface area contributed by atoms with Crippen LogP contribution in [0.4, 0.5) is 0 Å². The van der Waals surface area contributed by atoms with Gasteiger partial charge in [-0.1, -0.05) is 24.3 Å². The van der Waals surface area contributed by atoms with Crippen molar-refractivity contribution in [2.24, 2.45) is 14.1 Å². The molecule has 0 fully saturated rings. The largest absolute Gasteiger partial charge is 0.348 e. The molecule has 0 unspecified atom stereocenters. The minimum atomic E-state index is 1.01. The number of aryl methyl sites for hydroxylation is 2. The number of benzene rings is 2. The van der Waals surface area contributed by atoms with Crippen molar-refractivity contribution in [3.8, 4) is 33.6 Å². The Balaban J connectivity index is 1.55. The van der Waals surface area contributed by atoms with Crippen molar-refractivity contribution in [2.75, 3.05) is 0 Å². The van der Waals surface area contributed by atoms with Gasteiger partial charge in [0.1, 0.15) is 0 Å². The third-order valence-electron chi connectivity index (χ3n) is 7.05. The van der Waals surface area contributed by atoms with Gasteiger partial charge in [0.15, 0.2) is 0 Å². The highest BCUT2D eigenvalue weighted by atomic mass is 15.0. The second kappa shape index (κ2) is 6.25. The quantitative estimate of drug-likeness (QED) is 0.331. The molecule has 0 aliphatic heterocycles. The molecular formula is C27H28N2. The summed E-state index contributed by atoms with van der Waals surface area (Å²) in [4.78, 5) is 0. The summed E-state index contributed by atoms with van der Waals surface area (Å²) in [6.45, 7) is 8.76. The van der Waals surface area contributed by atoms with E-state index in [-0.39, 0.29) is 0 Å². The first-order valence-corrected chi connectivity index (χ1v) is 10.4. The van der Waals surface area contributed by atoms with Crippen LogP contribution in [0.1, 0.15) is 33.6 Å². The van der Waals surface area contributed by atoms with Gasteiger partial charge < -0.3 is 9.13 Å². The Hall–Kier alpha value is -3.00. The van der Waals surface area contributed by atoms with Gasteiger partial charge in [0.2, 0.25) is 0 Å². The molecule has 0 bridgehead atoms. The summed E-state index contributed by atoms with van der Waals surface area (Å²) in [5.41, 5.74) is 16.2. The van der Waals surface area contributed by atoms with Crippen molar-refractivity contribution in [1.29, 1.82) is 0 Å². The molecule has 5 rings (SSSR count). The van der Waals surface area contributed by atoms with Gasteiger partial charge in [0.05, 0.1) is 0 Å². The maximum absolute atomic E-state index is 2.39. The molecule has 2 heteroatoms. The fourth-order valence-corrected chi connectivity index (χ4v) is 4.79. The van der Waals surface area contributed by atoms with Crippen LogP contribution in [-0.4, -0.2) is 9.13 Å². The number of aromatic nitrogens is 2. The van der Waals surface area contributed by atoms with E-state index in [2.05, 4.69) is 99.5 Å². The predicted octanol–water partition coefficient (Wildman–Crippen LogP) is 6.50. The second-order valence-electron chi connectivity index (χ2n) is 8.63. The summed E-state index contributed by atoms with van der Waals surface area (Å²) in [5.74, 6) is 0. The Morgan fingerprint density at radius 1 is 0.586 bits per heavy atom. The predicted molar refractivity (Wildman–Crippen MR) is 122 cm³/mol. The molecule has 1 aliphatic rings. The highest BCUT2D eigenvalue weighted by Gasteiger charge is 2.21. The van der Waals surface area contributed by atoms with Gasteiger partial charge in [-0.25, -0.2) is 0 Å². The monoisotopic (exact) mass is 380 g/mol. The topological polar surface area (TPSA) is 9.86 Å². The lowest BCUT2D eigenvalue weighted by Crippen LogP contribution is -1.95. The van der Waals surface area contributed by atoms with Crippen molar-refractivity contribution in [1.82, 2.24) is 9.13 Å². The summed E-state index contributed by atoms with van der Waals surface area (Å²) in [6, 6.07) is 18.6. The fraction of sp³-hybridized carbons (Fsp3) is 0.259. The molecule has 0 spiro atoms. The Bertz CT molecular complexity index is 1180. The van der Waals surface area contributed by atoms with E-state index in [1.165, 1.54) is 67.3 Å². The van der Waals surface area contributed by atoms with Gasteiger partial charge in [-0.15, -0.1) is 0 Å². The molecule has 4 aromatic rings. The van der Waals surface area contributed by atoms with Crippen molar-refractivity contribution in [2.45, 2.75) is 34.1 Å². The van der Waals surface area contributed by atoms with Gasteiger partial charge in [-0.05, 0) is 103 Å². The highest BCUT2D eigenvalue weighted by molar-refractivity contribution is 5.82. The number of nitrogens with zero attached hydrogens (tertiary/aromatic N) is 2. The maximum Gasteiger partial charge on any atom is 0.0482 e. The van der Waals surface area contributed by atoms with E-state index in [1.54, 1.807) is 0 Å². The smallest absolute Gasteiger partial charge is 0.0482 e. The van der Waals surface area contributed by atoms with Crippen LogP contribution in [0.25, 0.3) is 33.6 Å². The number of hydrogen-bond acceptors (Lipinski definition) is 0. The first-order chi connectivity index (χ1) is 13.8. The van der Waals surface area contributed by atoms with Crippen LogP contribution in [0.2, 0.25) is 0 Å². The van der Waals surface area contributed by atoms with E-state index < -0.39 is 0 Å². The lowest BCUT2D eigenvalue weighted by Gasteiger charge is -2.09. The molecule has 0 radical (unpaired) electrons. The molecule has 146 valence electrons. The van der Waals surface area contributed by atoms with Crippen LogP contribution in [0.3, 0.4) is 0 Å². The van der Waals surface area contributed by atoms with Gasteiger partial charge in [-0.3, -0.25) is 0 Å². The van der Waals surface area contributed by atoms with E-state index in [9.17, 15) is 0 Å². The van der Waals surface area contributed by atoms with Gasteiger partial charge in [-0.2, -0.15) is 0 Å². The van der Waals surface area contributed by atoms with E-state index in [0.29, 0.717) is 0 Å². The third-order valence-corrected chi connectivity index (χ3v) is 7.05. The average molecular weight is 381 g/mol. The molecule has 29 heavy (non-hydrogen) atoms. The zero-order chi connectivity index (χ0) is 20.4. The maximum atomic E-state index is 2.39. The van der Waals surface area contributed by atoms with Crippen LogP contribution in [0, 0.1) is 27.7 Å². The van der Waals surface area contributed by atoms with Crippen molar-refractivity contribution >= 4 is 0 Å². The molecule has 2 heterocycles. The van der Waals surface area contributed by atoms with E-state index in [0.717, 1.165) is 6.42 Å². The molecular weight excluding hydrogens is 352 g/mol. The lowest BCUT2D eigenvalue weighted by molar-refractivity contribution is 0.885. The first kappa shape index (κ1) is 18.1. The summed E-state index contributed by atoms with van der Waals surface area (Å²) >= 11 is 0. The highest BCUT2D eigenvalue weighted by Crippen LogP contribution is 2.41. The van der Waals surface area contributed by atoms with Gasteiger partial charge in [0, 0.05) is 36.9 Å². The summed E-state index contributed by atoms with van der Waals surface area (Å²) in [5, 5.41) is 0. The number of hydrogen-bond donors (Lipinski definition) is 0. The zero-order valence-electron chi connectivity index (χ0n) is 18.2. The molecule has 0 amide bonds. The molecule has 2 aromatic carbocycles. The molecule has 2 nitrogen and oxygen atoms in total. The van der Waals surface area contributed by atoms with Crippen LogP contribution in [0.15, 0.2) is 48.5 Å². The Labute approximate surface area is 173 Å². The van der Waals surface area contributed by atoms with E-state index in [4.69, 9.17) is 0 Å². The van der Waals surface area contributed by atoms with Crippen LogP contribution in [0.5, 0.6) is 0 Å². The Morgan fingerprint density at radius 3 is 1.34 bits per heavy atom. The SMILES string of the molecule is Cc1cc(-c2ccc3c(c2)Cc2cc(-c4cc(C)c(C)n4C)ccc2-3)n(C)c1C. The second-order valence-corrected chi connectivity index (χ2v) is 8.63. The normalized spacial score (nSPS) is 12.3. The van der Waals surface area contributed by atoms with Crippen molar-refractivity contribution in [3.63, 3.8) is 0 Å². The van der Waals surface area contributed by atoms with Crippen molar-refractivity contribution < 1.29 is 0 Å². The summed E-state index contributed by atoms with van der Waals surface area (Å²) < 4.78 is 4.61. The molecule has 2 aromatic heterocycles. The minimum Gasteiger partial charge on any atom is -0.348 e. The lowest BCUT2D eigenvalue weighted by atomic mass is 10.0. The van der Waals surface area contributed by atoms with Crippen LogP contribution >= 0.6 is 0 Å². The zero-order valence-corrected chi connectivity index (χ0v) is 18.2. The fourth-order valence-electron chi connectivity index (χ4n) is 4.79. The van der Waals surface area contributed by atoms with E-state index >= 15 is 0 Å². The van der Waals surface area contributed by atoms with Crippen molar-refractivity contribution in [3.05, 3.63) is 82.2 Å². The standard InChI is InChI=1S/C27H28N2/c1-16-11-26(28(5)18(16)3)20-7-9-24-22(13-20)15-23-14-21(8-10-25(23)24)27-12-17(2)19(4)29(27)6/h7-14H,15H2,1-6H3. The molecule has 0 N–H and O–H groups in total. The summed E-state index contributed by atoms with van der Waals surface area (Å²) in [6.07, 6.45) is 1.01. The first-order valence-electron chi connectivity index (χ1n) is 10.4. The number of fused-ring (bicyclic) bond motifs is 3. The Morgan fingerprint density at radius 2 is 1.00 bits per heavy atom. The molecule has 0 atom stereocenters. The molecule has 0 saturated carbocycles. The molecule has 0 saturated heterocycles. The van der Waals surface area contributed by atoms with Crippen LogP contribution < -0.4 is 0 Å². The molecule has 1 aliphatic carbocycles. The Kier molecular flexibility index (Phi) is 3.89.